The van der Waals surface area contributed by atoms with E-state index in [1.807, 2.05) is 6.92 Å². The molecule has 5 nitrogen and oxygen atoms in total. The molecule has 0 bridgehead atoms. The van der Waals surface area contributed by atoms with Crippen molar-refractivity contribution in [1.82, 2.24) is 10.2 Å². The fraction of sp³-hybridized carbons (Fsp3) is 0.556. The molecule has 2 aliphatic heterocycles. The van der Waals surface area contributed by atoms with Gasteiger partial charge in [0, 0.05) is 18.7 Å². The van der Waals surface area contributed by atoms with Crippen LogP contribution in [0.4, 0.5) is 13.2 Å². The number of amides is 2. The molecular formula is C18H21F3N2O3S. The molecule has 0 saturated carbocycles. The molecule has 0 spiro atoms. The van der Waals surface area contributed by atoms with Gasteiger partial charge in [-0.1, -0.05) is 24.3 Å². The smallest absolute Gasteiger partial charge is 0.367 e. The predicted octanol–water partition coefficient (Wildman–Crippen LogP) is 2.84. The van der Waals surface area contributed by atoms with Gasteiger partial charge in [-0.15, -0.1) is 11.8 Å². The number of halogens is 3. The van der Waals surface area contributed by atoms with Crippen molar-refractivity contribution in [3.63, 3.8) is 0 Å². The monoisotopic (exact) mass is 402 g/mol. The first-order valence-electron chi connectivity index (χ1n) is 8.64. The summed E-state index contributed by atoms with van der Waals surface area (Å²) in [5, 5.41) is 2.85. The molecular weight excluding hydrogens is 381 g/mol. The van der Waals surface area contributed by atoms with Gasteiger partial charge in [-0.2, -0.15) is 13.2 Å². The molecule has 0 aromatic heterocycles. The molecule has 0 radical (unpaired) electrons. The van der Waals surface area contributed by atoms with Crippen LogP contribution < -0.4 is 5.32 Å². The summed E-state index contributed by atoms with van der Waals surface area (Å²) in [6, 6.07) is 6.36. The summed E-state index contributed by atoms with van der Waals surface area (Å²) < 4.78 is 40.8. The number of nitrogens with one attached hydrogen (secondary N) is 1. The summed E-state index contributed by atoms with van der Waals surface area (Å²) in [7, 11) is 0. The molecule has 1 aromatic carbocycles. The molecule has 2 aliphatic rings. The third kappa shape index (κ3) is 4.76. The summed E-state index contributed by atoms with van der Waals surface area (Å²) >= 11 is 1.64. The number of alkyl halides is 3. The Kier molecular flexibility index (Phi) is 5.71. The predicted molar refractivity (Wildman–Crippen MR) is 94.7 cm³/mol. The number of hydrogen-bond donors (Lipinski definition) is 1. The van der Waals surface area contributed by atoms with Crippen LogP contribution in [0.2, 0.25) is 0 Å². The number of fused-ring (bicyclic) bond motifs is 1. The maximum atomic E-state index is 12.5. The molecule has 2 atom stereocenters. The Morgan fingerprint density at radius 3 is 2.67 bits per heavy atom. The van der Waals surface area contributed by atoms with Crippen LogP contribution in [0.5, 0.6) is 0 Å². The molecule has 148 valence electrons. The lowest BCUT2D eigenvalue weighted by Crippen LogP contribution is -2.49. The number of nitrogens with zero attached hydrogens (tertiary/aromatic N) is 1. The number of rotatable bonds is 6. The average molecular weight is 402 g/mol. The maximum Gasteiger partial charge on any atom is 0.411 e. The highest BCUT2D eigenvalue weighted by atomic mass is 32.2. The molecule has 0 unspecified atom stereocenters. The van der Waals surface area contributed by atoms with E-state index < -0.39 is 18.8 Å². The van der Waals surface area contributed by atoms with Crippen molar-refractivity contribution in [3.05, 3.63) is 35.4 Å². The van der Waals surface area contributed by atoms with Gasteiger partial charge in [-0.25, -0.2) is 0 Å². The van der Waals surface area contributed by atoms with Gasteiger partial charge in [-0.3, -0.25) is 9.59 Å². The Labute approximate surface area is 159 Å². The van der Waals surface area contributed by atoms with Gasteiger partial charge < -0.3 is 15.0 Å². The molecule has 9 heteroatoms. The van der Waals surface area contributed by atoms with E-state index in [0.29, 0.717) is 24.3 Å². The number of benzene rings is 1. The largest absolute Gasteiger partial charge is 0.411 e. The Bertz CT molecular complexity index is 711. The van der Waals surface area contributed by atoms with E-state index in [1.54, 1.807) is 40.9 Å². The molecule has 1 N–H and O–H groups in total. The third-order valence-corrected chi connectivity index (χ3v) is 6.28. The molecule has 2 amide bonds. The van der Waals surface area contributed by atoms with E-state index in [0.717, 1.165) is 12.0 Å². The van der Waals surface area contributed by atoms with Crippen LogP contribution in [0.1, 0.15) is 30.9 Å². The second kappa shape index (κ2) is 7.71. The molecule has 1 aromatic rings. The normalized spacial score (nSPS) is 25.0. The van der Waals surface area contributed by atoms with E-state index in [1.165, 1.54) is 0 Å². The molecule has 2 fully saturated rings. The van der Waals surface area contributed by atoms with Crippen molar-refractivity contribution in [2.24, 2.45) is 0 Å². The number of ether oxygens (including phenoxy) is 1. The van der Waals surface area contributed by atoms with Gasteiger partial charge in [0.15, 0.2) is 0 Å². The maximum absolute atomic E-state index is 12.5. The van der Waals surface area contributed by atoms with E-state index >= 15 is 0 Å². The zero-order chi connectivity index (χ0) is 19.7. The highest BCUT2D eigenvalue weighted by Crippen LogP contribution is 2.47. The molecule has 0 aliphatic carbocycles. The Morgan fingerprint density at radius 1 is 1.33 bits per heavy atom. The van der Waals surface area contributed by atoms with Gasteiger partial charge in [0.2, 0.25) is 11.8 Å². The summed E-state index contributed by atoms with van der Waals surface area (Å²) in [5.74, 6) is 0.425. The van der Waals surface area contributed by atoms with Crippen LogP contribution in [0.25, 0.3) is 0 Å². The molecule has 27 heavy (non-hydrogen) atoms. The van der Waals surface area contributed by atoms with Crippen molar-refractivity contribution in [1.29, 1.82) is 0 Å². The first-order valence-corrected chi connectivity index (χ1v) is 9.63. The quantitative estimate of drug-likeness (QED) is 0.795. The Hall–Kier alpha value is -1.74. The lowest BCUT2D eigenvalue weighted by Gasteiger charge is -2.29. The van der Waals surface area contributed by atoms with Crippen LogP contribution >= 0.6 is 11.8 Å². The minimum absolute atomic E-state index is 0.0193. The van der Waals surface area contributed by atoms with Gasteiger partial charge >= 0.3 is 6.18 Å². The minimum Gasteiger partial charge on any atom is -0.367 e. The fourth-order valence-corrected chi connectivity index (χ4v) is 4.79. The summed E-state index contributed by atoms with van der Waals surface area (Å²) in [5.41, 5.74) is 1.45. The SMILES string of the molecule is C[C@@]12CCC(=O)N1[C@H](C(=O)NCc1ccc(COCC(F)(F)F)cc1)CS2. The topological polar surface area (TPSA) is 58.6 Å². The van der Waals surface area contributed by atoms with Gasteiger partial charge in [0.1, 0.15) is 12.6 Å². The standard InChI is InChI=1S/C18H21F3N2O3S/c1-17-7-6-15(24)23(17)14(10-27-17)16(25)22-8-12-2-4-13(5-3-12)9-26-11-18(19,20)21/h2-5,14H,6-11H2,1H3,(H,22,25)/t14-,17+/m0/s1. The van der Waals surface area contributed by atoms with Gasteiger partial charge in [-0.05, 0) is 24.5 Å². The highest BCUT2D eigenvalue weighted by molar-refractivity contribution is 8.01. The molecule has 2 heterocycles. The van der Waals surface area contributed by atoms with Crippen molar-refractivity contribution in [3.8, 4) is 0 Å². The number of thioether (sulfide) groups is 1. The van der Waals surface area contributed by atoms with Gasteiger partial charge in [0.25, 0.3) is 0 Å². The summed E-state index contributed by atoms with van der Waals surface area (Å²) in [4.78, 5) is 26.0. The highest BCUT2D eigenvalue weighted by Gasteiger charge is 2.52. The Morgan fingerprint density at radius 2 is 2.00 bits per heavy atom. The van der Waals surface area contributed by atoms with Crippen molar-refractivity contribution < 1.29 is 27.5 Å². The average Bonchev–Trinajstić information content (AvgIpc) is 3.09. The van der Waals surface area contributed by atoms with E-state index in [4.69, 9.17) is 0 Å². The van der Waals surface area contributed by atoms with Crippen LogP contribution in [0.3, 0.4) is 0 Å². The van der Waals surface area contributed by atoms with Crippen molar-refractivity contribution in [2.75, 3.05) is 12.4 Å². The van der Waals surface area contributed by atoms with Crippen LogP contribution in [-0.2, 0) is 27.5 Å². The van der Waals surface area contributed by atoms with E-state index in [9.17, 15) is 22.8 Å². The first-order chi connectivity index (χ1) is 12.7. The number of hydrogen-bond acceptors (Lipinski definition) is 4. The third-order valence-electron chi connectivity index (χ3n) is 4.77. The van der Waals surface area contributed by atoms with Gasteiger partial charge in [0.05, 0.1) is 11.5 Å². The summed E-state index contributed by atoms with van der Waals surface area (Å²) in [6.07, 6.45) is -3.10. The van der Waals surface area contributed by atoms with Crippen LogP contribution in [0.15, 0.2) is 24.3 Å². The summed E-state index contributed by atoms with van der Waals surface area (Å²) in [6.45, 7) is 0.886. The lowest BCUT2D eigenvalue weighted by molar-refractivity contribution is -0.176. The molecule has 3 rings (SSSR count). The van der Waals surface area contributed by atoms with E-state index in [2.05, 4.69) is 10.1 Å². The molecule has 2 saturated heterocycles. The second-order valence-corrected chi connectivity index (χ2v) is 8.41. The van der Waals surface area contributed by atoms with Crippen molar-refractivity contribution >= 4 is 23.6 Å². The van der Waals surface area contributed by atoms with Crippen LogP contribution in [0, 0.1) is 0 Å². The first kappa shape index (κ1) is 20.0. The van der Waals surface area contributed by atoms with E-state index in [-0.39, 0.29) is 23.3 Å². The van der Waals surface area contributed by atoms with Crippen molar-refractivity contribution in [2.45, 2.75) is 50.0 Å². The fourth-order valence-electron chi connectivity index (χ4n) is 3.36. The Balaban J connectivity index is 1.49. The number of carbonyl (C=O) groups excluding carboxylic acids is 2. The zero-order valence-electron chi connectivity index (χ0n) is 14.8. The zero-order valence-corrected chi connectivity index (χ0v) is 15.7. The minimum atomic E-state index is -4.34. The second-order valence-electron chi connectivity index (χ2n) is 6.91. The van der Waals surface area contributed by atoms with Crippen LogP contribution in [-0.4, -0.2) is 46.2 Å². The number of carbonyl (C=O) groups is 2. The lowest BCUT2D eigenvalue weighted by atomic mass is 10.1.